The molecule has 2 saturated carbocycles. The average Bonchev–Trinajstić information content (AvgIpc) is 2.45. The largest absolute Gasteiger partial charge is 2.00 e. The smallest absolute Gasteiger partial charge is 1.00 e. The molecule has 0 aromatic carbocycles. The minimum absolute atomic E-state index is 0. The van der Waals surface area contributed by atoms with Crippen molar-refractivity contribution in [3.05, 3.63) is 5.92 Å². The minimum Gasteiger partial charge on any atom is -1.00 e. The topological polar surface area (TPSA) is 9.23 Å². The molecule has 0 aromatic heterocycles. The average molecular weight is 267 g/mol. The van der Waals surface area contributed by atoms with Gasteiger partial charge in [-0.15, -0.1) is 0 Å². The molecule has 2 unspecified atom stereocenters. The quantitative estimate of drug-likeness (QED) is 0.427. The zero-order valence-corrected chi connectivity index (χ0v) is 8.90. The van der Waals surface area contributed by atoms with E-state index in [4.69, 9.17) is 4.74 Å². The van der Waals surface area contributed by atoms with Crippen molar-refractivity contribution in [2.45, 2.75) is 31.8 Å². The molecule has 0 radical (unpaired) electrons. The second-order valence-corrected chi connectivity index (χ2v) is 3.23. The number of hydrogen-bond donors (Lipinski definition) is 0. The molecule has 3 heteroatoms. The standard InChI is InChI=1S/C8H13O.ClH.Pd/c1-9-8-5-6-2-3-7(8)4-6;;/h6,8H,2-5H2,1H3;1H;/q-1;;+2/p-1. The Morgan fingerprint density at radius 1 is 1.45 bits per heavy atom. The number of halogens is 1. The third kappa shape index (κ3) is 2.19. The van der Waals surface area contributed by atoms with E-state index in [1.54, 1.807) is 5.92 Å². The molecule has 2 rings (SSSR count). The number of fused-ring (bicyclic) bond motifs is 2. The molecule has 0 aliphatic heterocycles. The van der Waals surface area contributed by atoms with E-state index in [0.717, 1.165) is 5.92 Å². The Balaban J connectivity index is 0.000000500. The summed E-state index contributed by atoms with van der Waals surface area (Å²) < 4.78 is 5.31. The van der Waals surface area contributed by atoms with Gasteiger partial charge in [0.15, 0.2) is 0 Å². The van der Waals surface area contributed by atoms with E-state index in [9.17, 15) is 0 Å². The summed E-state index contributed by atoms with van der Waals surface area (Å²) in [5, 5.41) is 0. The predicted octanol–water partition coefficient (Wildman–Crippen LogP) is -1.22. The normalized spacial score (nSPS) is 34.6. The molecule has 0 amide bonds. The number of hydrogen-bond acceptors (Lipinski definition) is 1. The molecular weight excluding hydrogens is 254 g/mol. The van der Waals surface area contributed by atoms with Gasteiger partial charge in [0.25, 0.3) is 0 Å². The van der Waals surface area contributed by atoms with E-state index in [2.05, 4.69) is 0 Å². The second-order valence-electron chi connectivity index (χ2n) is 3.23. The molecule has 2 fully saturated rings. The molecule has 0 aromatic rings. The Bertz CT molecular complexity index is 121. The van der Waals surface area contributed by atoms with Crippen molar-refractivity contribution >= 4 is 0 Å². The summed E-state index contributed by atoms with van der Waals surface area (Å²) in [6.07, 6.45) is 6.02. The summed E-state index contributed by atoms with van der Waals surface area (Å²) in [7, 11) is 1.83. The molecule has 2 atom stereocenters. The molecule has 68 valence electrons. The number of ether oxygens (including phenoxy) is 1. The van der Waals surface area contributed by atoms with E-state index in [1.807, 2.05) is 7.11 Å². The van der Waals surface area contributed by atoms with Crippen LogP contribution in [-0.4, -0.2) is 13.2 Å². The van der Waals surface area contributed by atoms with E-state index < -0.39 is 0 Å². The Kier molecular flexibility index (Phi) is 5.22. The zero-order valence-electron chi connectivity index (χ0n) is 6.59. The maximum absolute atomic E-state index is 5.31. The fourth-order valence-electron chi connectivity index (χ4n) is 2.19. The Morgan fingerprint density at radius 3 is 2.45 bits per heavy atom. The third-order valence-corrected chi connectivity index (χ3v) is 2.71. The summed E-state index contributed by atoms with van der Waals surface area (Å²) in [4.78, 5) is 0. The first-order valence-electron chi connectivity index (χ1n) is 3.77. The molecule has 1 nitrogen and oxygen atoms in total. The van der Waals surface area contributed by atoms with Crippen molar-refractivity contribution in [1.29, 1.82) is 0 Å². The van der Waals surface area contributed by atoms with Crippen LogP contribution >= 0.6 is 0 Å². The van der Waals surface area contributed by atoms with Crippen LogP contribution in [0, 0.1) is 11.8 Å². The second kappa shape index (κ2) is 4.82. The van der Waals surface area contributed by atoms with Gasteiger partial charge in [-0.05, 0) is 0 Å². The van der Waals surface area contributed by atoms with E-state index >= 15 is 0 Å². The number of methoxy groups -OCH3 is 1. The summed E-state index contributed by atoms with van der Waals surface area (Å²) >= 11 is 0. The van der Waals surface area contributed by atoms with Crippen molar-refractivity contribution < 1.29 is 37.6 Å². The first-order chi connectivity index (χ1) is 4.40. The Morgan fingerprint density at radius 2 is 2.18 bits per heavy atom. The van der Waals surface area contributed by atoms with Crippen molar-refractivity contribution in [2.75, 3.05) is 7.11 Å². The fraction of sp³-hybridized carbons (Fsp3) is 0.875. The van der Waals surface area contributed by atoms with E-state index in [-0.39, 0.29) is 32.8 Å². The molecule has 0 saturated heterocycles. The summed E-state index contributed by atoms with van der Waals surface area (Å²) in [5.41, 5.74) is 0. The van der Waals surface area contributed by atoms with E-state index in [0.29, 0.717) is 6.10 Å². The van der Waals surface area contributed by atoms with Crippen molar-refractivity contribution in [1.82, 2.24) is 0 Å². The Labute approximate surface area is 88.3 Å². The maximum Gasteiger partial charge on any atom is 2.00 e. The molecule has 0 spiro atoms. The van der Waals surface area contributed by atoms with Crippen LogP contribution in [0.3, 0.4) is 0 Å². The van der Waals surface area contributed by atoms with E-state index in [1.165, 1.54) is 25.7 Å². The molecule has 2 aliphatic carbocycles. The van der Waals surface area contributed by atoms with Gasteiger partial charge in [0.05, 0.1) is 0 Å². The maximum atomic E-state index is 5.31. The van der Waals surface area contributed by atoms with Gasteiger partial charge in [-0.1, -0.05) is 24.9 Å². The van der Waals surface area contributed by atoms with Crippen LogP contribution in [0.1, 0.15) is 25.7 Å². The first kappa shape index (κ1) is 11.9. The SMILES string of the molecule is COC1CC2CC[C-]1C2.[Cl-].[Pd+2]. The third-order valence-electron chi connectivity index (χ3n) is 2.71. The predicted molar refractivity (Wildman–Crippen MR) is 36.0 cm³/mol. The molecule has 2 aliphatic rings. The monoisotopic (exact) mass is 266 g/mol. The van der Waals surface area contributed by atoms with Crippen LogP contribution in [0.25, 0.3) is 0 Å². The molecule has 0 heterocycles. The van der Waals surface area contributed by atoms with Crippen LogP contribution in [0.2, 0.25) is 0 Å². The van der Waals surface area contributed by atoms with Gasteiger partial charge in [-0.25, -0.2) is 0 Å². The molecule has 2 bridgehead atoms. The summed E-state index contributed by atoms with van der Waals surface area (Å²) in [6, 6.07) is 0. The minimum atomic E-state index is 0. The van der Waals surface area contributed by atoms with Crippen LogP contribution < -0.4 is 12.4 Å². The van der Waals surface area contributed by atoms with Gasteiger partial charge in [0.1, 0.15) is 0 Å². The van der Waals surface area contributed by atoms with Gasteiger partial charge < -0.3 is 17.1 Å². The van der Waals surface area contributed by atoms with Crippen molar-refractivity contribution in [3.8, 4) is 0 Å². The van der Waals surface area contributed by atoms with Gasteiger partial charge in [-0.3, -0.25) is 5.92 Å². The van der Waals surface area contributed by atoms with Gasteiger partial charge in [0, 0.05) is 7.11 Å². The molecule has 11 heavy (non-hydrogen) atoms. The van der Waals surface area contributed by atoms with Gasteiger partial charge >= 0.3 is 20.4 Å². The number of rotatable bonds is 1. The van der Waals surface area contributed by atoms with Crippen molar-refractivity contribution in [2.24, 2.45) is 5.92 Å². The fourth-order valence-corrected chi connectivity index (χ4v) is 2.19. The summed E-state index contributed by atoms with van der Waals surface area (Å²) in [5.74, 6) is 2.67. The first-order valence-corrected chi connectivity index (χ1v) is 3.77. The van der Waals surface area contributed by atoms with Crippen LogP contribution in [0.15, 0.2) is 0 Å². The van der Waals surface area contributed by atoms with Crippen LogP contribution in [0.4, 0.5) is 0 Å². The summed E-state index contributed by atoms with van der Waals surface area (Å²) in [6.45, 7) is 0. The molecular formula is C8H13ClOPd. The van der Waals surface area contributed by atoms with Crippen LogP contribution in [0.5, 0.6) is 0 Å². The van der Waals surface area contributed by atoms with Gasteiger partial charge in [-0.2, -0.15) is 12.8 Å². The molecule has 0 N–H and O–H groups in total. The van der Waals surface area contributed by atoms with Gasteiger partial charge in [0.2, 0.25) is 0 Å². The Hall–Kier alpha value is 0.912. The zero-order chi connectivity index (χ0) is 6.27. The van der Waals surface area contributed by atoms with Crippen LogP contribution in [-0.2, 0) is 25.2 Å². The van der Waals surface area contributed by atoms with Crippen molar-refractivity contribution in [3.63, 3.8) is 0 Å².